The molecule has 0 aromatic carbocycles. The van der Waals surface area contributed by atoms with E-state index in [1.165, 1.54) is 6.92 Å². The summed E-state index contributed by atoms with van der Waals surface area (Å²) in [6, 6.07) is 2.21. The van der Waals surface area contributed by atoms with Crippen LogP contribution in [0.25, 0.3) is 11.0 Å². The number of anilines is 1. The molecule has 0 spiro atoms. The lowest BCUT2D eigenvalue weighted by Crippen LogP contribution is -2.51. The molecule has 7 heteroatoms. The average Bonchev–Trinajstić information content (AvgIpc) is 2.96. The Hall–Kier alpha value is -2.15. The van der Waals surface area contributed by atoms with Crippen molar-refractivity contribution in [1.82, 2.24) is 20.0 Å². The van der Waals surface area contributed by atoms with Gasteiger partial charge in [-0.1, -0.05) is 6.92 Å². The van der Waals surface area contributed by atoms with E-state index in [1.54, 1.807) is 11.4 Å². The maximum Gasteiger partial charge on any atom is 0.322 e. The largest absolute Gasteiger partial charge is 0.368 e. The Labute approximate surface area is 129 Å². The third-order valence-electron chi connectivity index (χ3n) is 4.30. The van der Waals surface area contributed by atoms with Crippen molar-refractivity contribution in [3.63, 3.8) is 0 Å². The molecule has 118 valence electrons. The van der Waals surface area contributed by atoms with Gasteiger partial charge in [0.25, 0.3) is 0 Å². The van der Waals surface area contributed by atoms with Crippen molar-refractivity contribution in [3.05, 3.63) is 18.6 Å². The minimum absolute atomic E-state index is 0.223. The van der Waals surface area contributed by atoms with Crippen molar-refractivity contribution < 1.29 is 9.63 Å². The first-order chi connectivity index (χ1) is 10.6. The molecule has 0 aliphatic carbocycles. The summed E-state index contributed by atoms with van der Waals surface area (Å²) >= 11 is 0. The van der Waals surface area contributed by atoms with Crippen molar-refractivity contribution >= 4 is 22.8 Å². The zero-order valence-electron chi connectivity index (χ0n) is 13.1. The van der Waals surface area contributed by atoms with Crippen molar-refractivity contribution in [2.24, 2.45) is 5.92 Å². The van der Waals surface area contributed by atoms with Gasteiger partial charge in [-0.25, -0.2) is 9.97 Å². The topological polar surface area (TPSA) is 74.3 Å². The molecule has 1 aliphatic rings. The average molecular weight is 303 g/mol. The Morgan fingerprint density at radius 2 is 2.32 bits per heavy atom. The number of aromatic amines is 1. The van der Waals surface area contributed by atoms with Crippen LogP contribution in [0.1, 0.15) is 20.3 Å². The first kappa shape index (κ1) is 14.8. The quantitative estimate of drug-likeness (QED) is 0.928. The highest BCUT2D eigenvalue weighted by Crippen LogP contribution is 2.28. The molecular weight excluding hydrogens is 282 g/mol. The molecule has 2 aromatic heterocycles. The number of rotatable bonds is 3. The summed E-state index contributed by atoms with van der Waals surface area (Å²) in [5.41, 5.74) is 0.831. The minimum Gasteiger partial charge on any atom is -0.368 e. The highest BCUT2D eigenvalue weighted by molar-refractivity contribution is 5.87. The van der Waals surface area contributed by atoms with E-state index >= 15 is 0 Å². The number of carbonyl (C=O) groups is 1. The monoisotopic (exact) mass is 303 g/mol. The molecule has 1 fully saturated rings. The number of carbonyl (C=O) groups excluding carboxylic acids is 1. The van der Waals surface area contributed by atoms with Crippen molar-refractivity contribution in [1.29, 1.82) is 0 Å². The van der Waals surface area contributed by atoms with Gasteiger partial charge in [0.1, 0.15) is 17.8 Å². The van der Waals surface area contributed by atoms with Crippen molar-refractivity contribution in [2.45, 2.75) is 26.3 Å². The molecule has 0 bridgehead atoms. The van der Waals surface area contributed by atoms with Crippen LogP contribution in [0.15, 0.2) is 18.6 Å². The molecule has 2 aromatic rings. The first-order valence-electron chi connectivity index (χ1n) is 7.50. The maximum atomic E-state index is 11.2. The number of H-pyrrole nitrogens is 1. The zero-order chi connectivity index (χ0) is 15.7. The third kappa shape index (κ3) is 2.76. The summed E-state index contributed by atoms with van der Waals surface area (Å²) in [6.07, 6.45) is 4.41. The number of fused-ring (bicyclic) bond motifs is 1. The second kappa shape index (κ2) is 5.92. The highest BCUT2D eigenvalue weighted by atomic mass is 16.7. The highest BCUT2D eigenvalue weighted by Gasteiger charge is 2.32. The summed E-state index contributed by atoms with van der Waals surface area (Å²) in [5.74, 6) is 1.11. The van der Waals surface area contributed by atoms with Gasteiger partial charge in [-0.3, -0.25) is 4.79 Å². The summed E-state index contributed by atoms with van der Waals surface area (Å²) in [5, 5.41) is 2.75. The second-order valence-corrected chi connectivity index (χ2v) is 5.85. The van der Waals surface area contributed by atoms with E-state index in [0.717, 1.165) is 29.8 Å². The summed E-state index contributed by atoms with van der Waals surface area (Å²) < 4.78 is 0. The molecule has 3 heterocycles. The fourth-order valence-corrected chi connectivity index (χ4v) is 3.09. The summed E-state index contributed by atoms with van der Waals surface area (Å²) in [6.45, 7) is 5.11. The summed E-state index contributed by atoms with van der Waals surface area (Å²) in [4.78, 5) is 30.4. The van der Waals surface area contributed by atoms with E-state index in [1.807, 2.05) is 19.3 Å². The molecule has 3 rings (SSSR count). The Balaban J connectivity index is 1.84. The first-order valence-corrected chi connectivity index (χ1v) is 7.50. The number of hydrogen-bond donors (Lipinski definition) is 1. The van der Waals surface area contributed by atoms with Gasteiger partial charge >= 0.3 is 5.97 Å². The van der Waals surface area contributed by atoms with Gasteiger partial charge in [-0.15, -0.1) is 5.06 Å². The van der Waals surface area contributed by atoms with E-state index in [0.29, 0.717) is 12.5 Å². The molecule has 0 radical (unpaired) electrons. The van der Waals surface area contributed by atoms with Gasteiger partial charge in [0.05, 0.1) is 11.9 Å². The van der Waals surface area contributed by atoms with E-state index < -0.39 is 0 Å². The van der Waals surface area contributed by atoms with Crippen LogP contribution < -0.4 is 4.90 Å². The number of hydrogen-bond acceptors (Lipinski definition) is 6. The Morgan fingerprint density at radius 3 is 3.09 bits per heavy atom. The van der Waals surface area contributed by atoms with E-state index in [2.05, 4.69) is 26.8 Å². The van der Waals surface area contributed by atoms with Crippen LogP contribution in [0.3, 0.4) is 0 Å². The van der Waals surface area contributed by atoms with E-state index in [-0.39, 0.29) is 12.0 Å². The standard InChI is InChI=1S/C15H21N5O2/c1-10-5-7-20(22-11(2)21)8-13(10)19(3)15-12-4-6-16-14(12)17-9-18-15/h4,6,9-10,13H,5,7-8H2,1-3H3,(H,16,17,18). The van der Waals surface area contributed by atoms with Gasteiger partial charge in [0.15, 0.2) is 0 Å². The molecule has 7 nitrogen and oxygen atoms in total. The van der Waals surface area contributed by atoms with Crippen LogP contribution in [0, 0.1) is 5.92 Å². The van der Waals surface area contributed by atoms with Gasteiger partial charge in [0, 0.05) is 32.8 Å². The van der Waals surface area contributed by atoms with Crippen LogP contribution in [0.4, 0.5) is 5.82 Å². The number of nitrogens with one attached hydrogen (secondary N) is 1. The molecule has 1 N–H and O–H groups in total. The van der Waals surface area contributed by atoms with Crippen molar-refractivity contribution in [2.75, 3.05) is 25.0 Å². The fourth-order valence-electron chi connectivity index (χ4n) is 3.09. The lowest BCUT2D eigenvalue weighted by atomic mass is 9.93. The number of nitrogens with zero attached hydrogens (tertiary/aromatic N) is 4. The zero-order valence-corrected chi connectivity index (χ0v) is 13.1. The van der Waals surface area contributed by atoms with E-state index in [4.69, 9.17) is 4.84 Å². The molecule has 0 saturated carbocycles. The third-order valence-corrected chi connectivity index (χ3v) is 4.30. The van der Waals surface area contributed by atoms with Crippen LogP contribution in [-0.2, 0) is 9.63 Å². The Bertz CT molecular complexity index is 671. The van der Waals surface area contributed by atoms with Crippen molar-refractivity contribution in [3.8, 4) is 0 Å². The lowest BCUT2D eigenvalue weighted by Gasteiger charge is -2.40. The van der Waals surface area contributed by atoms with Gasteiger partial charge in [-0.05, 0) is 18.4 Å². The number of hydroxylamine groups is 2. The minimum atomic E-state index is -0.272. The smallest absolute Gasteiger partial charge is 0.322 e. The van der Waals surface area contributed by atoms with Crippen LogP contribution >= 0.6 is 0 Å². The summed E-state index contributed by atoms with van der Waals surface area (Å²) in [7, 11) is 2.03. The number of aromatic nitrogens is 3. The number of likely N-dealkylation sites (N-methyl/N-ethyl adjacent to an activating group) is 1. The predicted molar refractivity (Wildman–Crippen MR) is 83.2 cm³/mol. The number of piperidine rings is 1. The Kier molecular flexibility index (Phi) is 3.98. The molecule has 22 heavy (non-hydrogen) atoms. The molecule has 2 unspecified atom stereocenters. The maximum absolute atomic E-state index is 11.2. The predicted octanol–water partition coefficient (Wildman–Crippen LogP) is 1.58. The van der Waals surface area contributed by atoms with Gasteiger partial charge in [0.2, 0.25) is 0 Å². The molecule has 1 saturated heterocycles. The van der Waals surface area contributed by atoms with Crippen LogP contribution in [-0.4, -0.2) is 52.2 Å². The molecular formula is C15H21N5O2. The van der Waals surface area contributed by atoms with Crippen LogP contribution in [0.2, 0.25) is 0 Å². The molecule has 1 aliphatic heterocycles. The SMILES string of the molecule is CC(=O)ON1CCC(C)C(N(C)c2ncnc3[nH]ccc23)C1. The molecule has 0 amide bonds. The second-order valence-electron chi connectivity index (χ2n) is 5.85. The van der Waals surface area contributed by atoms with Gasteiger partial charge in [-0.2, -0.15) is 0 Å². The normalized spacial score (nSPS) is 22.7. The van der Waals surface area contributed by atoms with E-state index in [9.17, 15) is 4.79 Å². The molecule has 2 atom stereocenters. The lowest BCUT2D eigenvalue weighted by molar-refractivity contribution is -0.195. The Morgan fingerprint density at radius 1 is 1.50 bits per heavy atom. The van der Waals surface area contributed by atoms with Gasteiger partial charge < -0.3 is 14.7 Å². The fraction of sp³-hybridized carbons (Fsp3) is 0.533. The van der Waals surface area contributed by atoms with Crippen LogP contribution in [0.5, 0.6) is 0 Å².